The Morgan fingerprint density at radius 3 is 2.25 bits per heavy atom. The summed E-state index contributed by atoms with van der Waals surface area (Å²) in [4.78, 5) is 10.0. The lowest BCUT2D eigenvalue weighted by atomic mass is 10.1. The van der Waals surface area contributed by atoms with Crippen molar-refractivity contribution in [3.63, 3.8) is 0 Å². The number of rotatable bonds is 3. The first-order valence-corrected chi connectivity index (χ1v) is 4.35. The molecule has 0 bridgehead atoms. The predicted octanol–water partition coefficient (Wildman–Crippen LogP) is 3.12. The number of benzene rings is 1. The van der Waals surface area contributed by atoms with Crippen LogP contribution < -0.4 is 0 Å². The lowest BCUT2D eigenvalue weighted by Gasteiger charge is -2.10. The molecule has 0 unspecified atom stereocenters. The molecule has 0 spiro atoms. The number of alkyl halides is 3. The second-order valence-electron chi connectivity index (χ2n) is 3.13. The Morgan fingerprint density at radius 2 is 1.75 bits per heavy atom. The van der Waals surface area contributed by atoms with E-state index in [0.717, 1.165) is 0 Å². The van der Waals surface area contributed by atoms with Crippen LogP contribution in [-0.4, -0.2) is 6.29 Å². The lowest BCUT2D eigenvalue weighted by molar-refractivity contribution is -0.140. The maximum Gasteiger partial charge on any atom is 0.419 e. The third-order valence-electron chi connectivity index (χ3n) is 1.97. The first-order valence-electron chi connectivity index (χ1n) is 4.35. The summed E-state index contributed by atoms with van der Waals surface area (Å²) in [6.07, 6.45) is -4.63. The summed E-state index contributed by atoms with van der Waals surface area (Å²) in [5, 5.41) is 0. The topological polar surface area (TPSA) is 17.1 Å². The molecular weight excluding hydrogens is 231 g/mol. The summed E-state index contributed by atoms with van der Waals surface area (Å²) in [5.41, 5.74) is -1.88. The van der Waals surface area contributed by atoms with Crippen LogP contribution in [0, 0.1) is 11.6 Å². The summed E-state index contributed by atoms with van der Waals surface area (Å²) in [5.74, 6) is -2.69. The number of aryl methyl sites for hydroxylation is 1. The first kappa shape index (κ1) is 12.6. The monoisotopic (exact) mass is 238 g/mol. The molecule has 88 valence electrons. The van der Waals surface area contributed by atoms with Gasteiger partial charge in [0.2, 0.25) is 0 Å². The molecule has 0 aliphatic carbocycles. The Kier molecular flexibility index (Phi) is 3.62. The molecule has 0 aliphatic rings. The number of hydrogen-bond donors (Lipinski definition) is 0. The van der Waals surface area contributed by atoms with Crippen LogP contribution in [0.15, 0.2) is 12.1 Å². The van der Waals surface area contributed by atoms with Gasteiger partial charge >= 0.3 is 6.18 Å². The van der Waals surface area contributed by atoms with Crippen molar-refractivity contribution in [1.29, 1.82) is 0 Å². The molecule has 0 saturated carbocycles. The molecule has 0 amide bonds. The average molecular weight is 238 g/mol. The minimum Gasteiger partial charge on any atom is -0.303 e. The Balaban J connectivity index is 3.11. The van der Waals surface area contributed by atoms with Crippen LogP contribution >= 0.6 is 0 Å². The van der Waals surface area contributed by atoms with Crippen LogP contribution in [0.25, 0.3) is 0 Å². The van der Waals surface area contributed by atoms with Crippen LogP contribution in [0.3, 0.4) is 0 Å². The van der Waals surface area contributed by atoms with Crippen molar-refractivity contribution in [1.82, 2.24) is 0 Å². The van der Waals surface area contributed by atoms with Gasteiger partial charge in [-0.3, -0.25) is 0 Å². The van der Waals surface area contributed by atoms with Crippen molar-refractivity contribution in [3.8, 4) is 0 Å². The van der Waals surface area contributed by atoms with Gasteiger partial charge in [0.05, 0.1) is 5.56 Å². The molecule has 0 aromatic heterocycles. The highest BCUT2D eigenvalue weighted by atomic mass is 19.4. The van der Waals surface area contributed by atoms with Crippen molar-refractivity contribution in [2.75, 3.05) is 0 Å². The van der Waals surface area contributed by atoms with Gasteiger partial charge in [-0.1, -0.05) is 0 Å². The summed E-state index contributed by atoms with van der Waals surface area (Å²) in [7, 11) is 0. The smallest absolute Gasteiger partial charge is 0.303 e. The number of halogens is 5. The van der Waals surface area contributed by atoms with Crippen LogP contribution in [0.1, 0.15) is 17.5 Å². The summed E-state index contributed by atoms with van der Waals surface area (Å²) in [6, 6.07) is 0.580. The molecule has 1 aromatic rings. The van der Waals surface area contributed by atoms with Crippen molar-refractivity contribution in [2.24, 2.45) is 0 Å². The van der Waals surface area contributed by atoms with E-state index in [4.69, 9.17) is 0 Å². The van der Waals surface area contributed by atoms with Crippen LogP contribution in [0.2, 0.25) is 0 Å². The fraction of sp³-hybridized carbons (Fsp3) is 0.300. The zero-order chi connectivity index (χ0) is 12.3. The molecule has 0 heterocycles. The molecule has 0 radical (unpaired) electrons. The number of aldehydes is 1. The van der Waals surface area contributed by atoms with Crippen LogP contribution in [0.4, 0.5) is 22.0 Å². The Morgan fingerprint density at radius 1 is 1.12 bits per heavy atom. The minimum atomic E-state index is -4.92. The van der Waals surface area contributed by atoms with Gasteiger partial charge in [0.25, 0.3) is 0 Å². The highest BCUT2D eigenvalue weighted by Crippen LogP contribution is 2.32. The SMILES string of the molecule is O=CCCc1cc(F)c(C(F)(F)F)cc1F. The number of carbonyl (C=O) groups excluding carboxylic acids is 1. The summed E-state index contributed by atoms with van der Waals surface area (Å²) in [6.45, 7) is 0. The second kappa shape index (κ2) is 4.59. The minimum absolute atomic E-state index is 0.0677. The predicted molar refractivity (Wildman–Crippen MR) is 45.7 cm³/mol. The maximum atomic E-state index is 13.1. The van der Waals surface area contributed by atoms with E-state index >= 15 is 0 Å². The molecule has 6 heteroatoms. The van der Waals surface area contributed by atoms with E-state index in [0.29, 0.717) is 12.4 Å². The summed E-state index contributed by atoms with van der Waals surface area (Å²) < 4.78 is 62.5. The van der Waals surface area contributed by atoms with Gasteiger partial charge in [0, 0.05) is 6.42 Å². The molecule has 16 heavy (non-hydrogen) atoms. The van der Waals surface area contributed by atoms with E-state index in [2.05, 4.69) is 0 Å². The zero-order valence-electron chi connectivity index (χ0n) is 7.94. The fourth-order valence-corrected chi connectivity index (χ4v) is 1.21. The molecule has 1 nitrogen and oxygen atoms in total. The third-order valence-corrected chi connectivity index (χ3v) is 1.97. The third kappa shape index (κ3) is 2.77. The summed E-state index contributed by atoms with van der Waals surface area (Å²) >= 11 is 0. The molecule has 1 rings (SSSR count). The average Bonchev–Trinajstić information content (AvgIpc) is 2.17. The second-order valence-corrected chi connectivity index (χ2v) is 3.13. The maximum absolute atomic E-state index is 13.1. The molecule has 0 N–H and O–H groups in total. The lowest BCUT2D eigenvalue weighted by Crippen LogP contribution is -2.10. The van der Waals surface area contributed by atoms with Gasteiger partial charge in [0.1, 0.15) is 17.9 Å². The van der Waals surface area contributed by atoms with E-state index in [1.165, 1.54) is 0 Å². The van der Waals surface area contributed by atoms with Gasteiger partial charge in [0.15, 0.2) is 0 Å². The Bertz CT molecular complexity index is 397. The molecule has 0 fully saturated rings. The van der Waals surface area contributed by atoms with Gasteiger partial charge in [-0.2, -0.15) is 13.2 Å². The van der Waals surface area contributed by atoms with Crippen molar-refractivity contribution in [2.45, 2.75) is 19.0 Å². The molecule has 0 atom stereocenters. The van der Waals surface area contributed by atoms with Crippen LogP contribution in [-0.2, 0) is 17.4 Å². The van der Waals surface area contributed by atoms with Gasteiger partial charge < -0.3 is 4.79 Å². The molecule has 1 aromatic carbocycles. The zero-order valence-corrected chi connectivity index (χ0v) is 7.94. The van der Waals surface area contributed by atoms with Crippen LogP contribution in [0.5, 0.6) is 0 Å². The van der Waals surface area contributed by atoms with Gasteiger partial charge in [-0.15, -0.1) is 0 Å². The van der Waals surface area contributed by atoms with Crippen molar-refractivity contribution < 1.29 is 26.7 Å². The number of carbonyl (C=O) groups is 1. The van der Waals surface area contributed by atoms with E-state index < -0.39 is 23.4 Å². The molecule has 0 aliphatic heterocycles. The molecule has 0 saturated heterocycles. The number of hydrogen-bond acceptors (Lipinski definition) is 1. The largest absolute Gasteiger partial charge is 0.419 e. The molecular formula is C10H7F5O. The fourth-order valence-electron chi connectivity index (χ4n) is 1.21. The highest BCUT2D eigenvalue weighted by molar-refractivity contribution is 5.50. The Hall–Kier alpha value is -1.46. The van der Waals surface area contributed by atoms with Gasteiger partial charge in [-0.05, 0) is 24.1 Å². The van der Waals surface area contributed by atoms with E-state index in [-0.39, 0.29) is 24.5 Å². The van der Waals surface area contributed by atoms with E-state index in [1.807, 2.05) is 0 Å². The normalized spacial score (nSPS) is 11.6. The standard InChI is InChI=1S/C10H7F5O/c11-8-5-7(10(13,14)15)9(12)4-6(8)2-1-3-16/h3-5H,1-2H2. The van der Waals surface area contributed by atoms with E-state index in [9.17, 15) is 26.7 Å². The van der Waals surface area contributed by atoms with E-state index in [1.54, 1.807) is 0 Å². The Labute approximate surface area is 87.9 Å². The van der Waals surface area contributed by atoms with Crippen molar-refractivity contribution >= 4 is 6.29 Å². The quantitative estimate of drug-likeness (QED) is 0.584. The highest BCUT2D eigenvalue weighted by Gasteiger charge is 2.35. The first-order chi connectivity index (χ1) is 7.36. The van der Waals surface area contributed by atoms with Gasteiger partial charge in [-0.25, -0.2) is 8.78 Å². The van der Waals surface area contributed by atoms with Crippen molar-refractivity contribution in [3.05, 3.63) is 34.9 Å².